The van der Waals surface area contributed by atoms with E-state index in [9.17, 15) is 4.79 Å². The lowest BCUT2D eigenvalue weighted by Gasteiger charge is -2.13. The molecule has 0 aliphatic heterocycles. The molecule has 0 saturated carbocycles. The van der Waals surface area contributed by atoms with Crippen LogP contribution in [0.3, 0.4) is 0 Å². The quantitative estimate of drug-likeness (QED) is 0.579. The number of rotatable bonds is 5. The van der Waals surface area contributed by atoms with Crippen molar-refractivity contribution >= 4 is 33.5 Å². The van der Waals surface area contributed by atoms with Gasteiger partial charge in [0.15, 0.2) is 5.78 Å². The summed E-state index contributed by atoms with van der Waals surface area (Å²) < 4.78 is 11.2. The molecule has 110 valence electrons. The summed E-state index contributed by atoms with van der Waals surface area (Å²) in [5, 5.41) is 0. The minimum atomic E-state index is -0.0693. The van der Waals surface area contributed by atoms with Crippen molar-refractivity contribution in [3.05, 3.63) is 52.0 Å². The summed E-state index contributed by atoms with van der Waals surface area (Å²) >= 11 is 4.97. The van der Waals surface area contributed by atoms with Crippen LogP contribution >= 0.6 is 27.7 Å². The second-order valence-electron chi connectivity index (χ2n) is 4.19. The third-order valence-corrected chi connectivity index (χ3v) is 4.63. The molecule has 0 spiro atoms. The fraction of sp³-hybridized carbons (Fsp3) is 0.188. The van der Waals surface area contributed by atoms with E-state index in [1.54, 1.807) is 31.0 Å². The highest BCUT2D eigenvalue weighted by Gasteiger charge is 2.21. The lowest BCUT2D eigenvalue weighted by atomic mass is 10.0. The topological polar surface area (TPSA) is 35.5 Å². The van der Waals surface area contributed by atoms with E-state index >= 15 is 0 Å². The van der Waals surface area contributed by atoms with E-state index in [4.69, 9.17) is 9.47 Å². The number of thioether (sulfide) groups is 1. The molecule has 0 radical (unpaired) electrons. The van der Waals surface area contributed by atoms with Crippen LogP contribution in [0, 0.1) is 0 Å². The molecule has 2 aromatic carbocycles. The van der Waals surface area contributed by atoms with Crippen molar-refractivity contribution < 1.29 is 14.3 Å². The molecule has 0 aliphatic rings. The average molecular weight is 367 g/mol. The van der Waals surface area contributed by atoms with E-state index in [0.717, 1.165) is 4.90 Å². The van der Waals surface area contributed by atoms with Gasteiger partial charge in [-0.3, -0.25) is 4.79 Å². The third kappa shape index (κ3) is 3.09. The van der Waals surface area contributed by atoms with Gasteiger partial charge in [0, 0.05) is 10.5 Å². The molecule has 2 rings (SSSR count). The van der Waals surface area contributed by atoms with Crippen LogP contribution in [0.2, 0.25) is 0 Å². The zero-order valence-corrected chi connectivity index (χ0v) is 14.4. The molecule has 2 aromatic rings. The van der Waals surface area contributed by atoms with E-state index in [2.05, 4.69) is 15.9 Å². The van der Waals surface area contributed by atoms with Gasteiger partial charge in [-0.15, -0.1) is 11.8 Å². The fourth-order valence-corrected chi connectivity index (χ4v) is 3.32. The Morgan fingerprint density at radius 3 is 2.38 bits per heavy atom. The Balaban J connectivity index is 2.56. The molecule has 21 heavy (non-hydrogen) atoms. The number of hydrogen-bond acceptors (Lipinski definition) is 4. The Hall–Kier alpha value is -1.46. The van der Waals surface area contributed by atoms with Crippen LogP contribution in [0.15, 0.2) is 45.8 Å². The highest BCUT2D eigenvalue weighted by Crippen LogP contribution is 2.38. The van der Waals surface area contributed by atoms with Crippen LogP contribution in [-0.2, 0) is 0 Å². The summed E-state index contributed by atoms with van der Waals surface area (Å²) in [5.74, 6) is 1.04. The van der Waals surface area contributed by atoms with E-state index in [0.29, 0.717) is 27.1 Å². The first-order valence-electron chi connectivity index (χ1n) is 6.22. The van der Waals surface area contributed by atoms with Gasteiger partial charge in [-0.05, 0) is 46.5 Å². The largest absolute Gasteiger partial charge is 0.495 e. The number of ketones is 1. The molecular formula is C16H15BrO3S. The first kappa shape index (κ1) is 15.9. The molecule has 0 N–H and O–H groups in total. The second-order valence-corrected chi connectivity index (χ2v) is 5.83. The molecule has 0 bridgehead atoms. The van der Waals surface area contributed by atoms with Crippen molar-refractivity contribution in [2.75, 3.05) is 20.5 Å². The minimum Gasteiger partial charge on any atom is -0.495 e. The van der Waals surface area contributed by atoms with Crippen LogP contribution in [-0.4, -0.2) is 26.3 Å². The fourth-order valence-electron chi connectivity index (χ4n) is 2.05. The van der Waals surface area contributed by atoms with E-state index in [-0.39, 0.29) is 5.78 Å². The standard InChI is InChI=1S/C16H15BrO3S/c1-19-12-9-8-11(16(20-2)14(12)17)15(18)10-6-4-5-7-13(10)21-3/h4-9H,1-3H3. The normalized spacial score (nSPS) is 10.3. The molecule has 0 amide bonds. The predicted molar refractivity (Wildman–Crippen MR) is 88.9 cm³/mol. The second kappa shape index (κ2) is 7.00. The maximum Gasteiger partial charge on any atom is 0.197 e. The maximum atomic E-state index is 12.8. The van der Waals surface area contributed by atoms with Crippen LogP contribution in [0.4, 0.5) is 0 Å². The highest BCUT2D eigenvalue weighted by atomic mass is 79.9. The Morgan fingerprint density at radius 2 is 1.76 bits per heavy atom. The van der Waals surface area contributed by atoms with Crippen molar-refractivity contribution in [2.45, 2.75) is 4.90 Å². The number of benzene rings is 2. The van der Waals surface area contributed by atoms with E-state index in [1.807, 2.05) is 30.5 Å². The summed E-state index contributed by atoms with van der Waals surface area (Å²) in [7, 11) is 3.11. The van der Waals surface area contributed by atoms with Crippen molar-refractivity contribution in [1.82, 2.24) is 0 Å². The number of halogens is 1. The van der Waals surface area contributed by atoms with Crippen LogP contribution in [0.25, 0.3) is 0 Å². The predicted octanol–water partition coefficient (Wildman–Crippen LogP) is 4.42. The summed E-state index contributed by atoms with van der Waals surface area (Å²) in [6, 6.07) is 11.0. The van der Waals surface area contributed by atoms with Gasteiger partial charge < -0.3 is 9.47 Å². The summed E-state index contributed by atoms with van der Waals surface area (Å²) in [6.07, 6.45) is 1.95. The molecule has 0 unspecified atom stereocenters. The van der Waals surface area contributed by atoms with Gasteiger partial charge in [-0.2, -0.15) is 0 Å². The van der Waals surface area contributed by atoms with Crippen molar-refractivity contribution in [3.63, 3.8) is 0 Å². The van der Waals surface area contributed by atoms with Gasteiger partial charge in [0.1, 0.15) is 16.0 Å². The Bertz CT molecular complexity index is 671. The minimum absolute atomic E-state index is 0.0693. The number of ether oxygens (including phenoxy) is 2. The van der Waals surface area contributed by atoms with Gasteiger partial charge >= 0.3 is 0 Å². The molecule has 0 aliphatic carbocycles. The Kier molecular flexibility index (Phi) is 5.31. The van der Waals surface area contributed by atoms with Gasteiger partial charge in [0.05, 0.1) is 19.8 Å². The number of carbonyl (C=O) groups excluding carboxylic acids is 1. The molecule has 0 aromatic heterocycles. The molecule has 3 nitrogen and oxygen atoms in total. The van der Waals surface area contributed by atoms with Gasteiger partial charge in [-0.25, -0.2) is 0 Å². The zero-order valence-electron chi connectivity index (χ0n) is 12.0. The molecule has 0 heterocycles. The summed E-state index contributed by atoms with van der Waals surface area (Å²) in [6.45, 7) is 0. The highest BCUT2D eigenvalue weighted by molar-refractivity contribution is 9.10. The van der Waals surface area contributed by atoms with E-state index in [1.165, 1.54) is 7.11 Å². The van der Waals surface area contributed by atoms with Crippen molar-refractivity contribution in [3.8, 4) is 11.5 Å². The number of hydrogen-bond donors (Lipinski definition) is 0. The SMILES string of the molecule is COc1ccc(C(=O)c2ccccc2SC)c(OC)c1Br. The number of carbonyl (C=O) groups is 1. The van der Waals surface area contributed by atoms with Crippen molar-refractivity contribution in [2.24, 2.45) is 0 Å². The molecule has 0 fully saturated rings. The monoisotopic (exact) mass is 366 g/mol. The third-order valence-electron chi connectivity index (χ3n) is 3.08. The summed E-state index contributed by atoms with van der Waals surface area (Å²) in [5.41, 5.74) is 1.17. The average Bonchev–Trinajstić information content (AvgIpc) is 2.53. The smallest absolute Gasteiger partial charge is 0.197 e. The van der Waals surface area contributed by atoms with Crippen LogP contribution < -0.4 is 9.47 Å². The van der Waals surface area contributed by atoms with Gasteiger partial charge in [0.2, 0.25) is 0 Å². The molecule has 0 atom stereocenters. The van der Waals surface area contributed by atoms with E-state index < -0.39 is 0 Å². The molecule has 5 heteroatoms. The Labute approximate surface area is 136 Å². The van der Waals surface area contributed by atoms with Gasteiger partial charge in [0.25, 0.3) is 0 Å². The first-order valence-corrected chi connectivity index (χ1v) is 8.24. The lowest BCUT2D eigenvalue weighted by Crippen LogP contribution is -2.06. The maximum absolute atomic E-state index is 12.8. The van der Waals surface area contributed by atoms with Crippen LogP contribution in [0.5, 0.6) is 11.5 Å². The Morgan fingerprint density at radius 1 is 1.05 bits per heavy atom. The van der Waals surface area contributed by atoms with Crippen molar-refractivity contribution in [1.29, 1.82) is 0 Å². The number of methoxy groups -OCH3 is 2. The first-order chi connectivity index (χ1) is 10.1. The lowest BCUT2D eigenvalue weighted by molar-refractivity contribution is 0.103. The molecular weight excluding hydrogens is 352 g/mol. The zero-order chi connectivity index (χ0) is 15.4. The summed E-state index contributed by atoms with van der Waals surface area (Å²) in [4.78, 5) is 13.7. The van der Waals surface area contributed by atoms with Crippen LogP contribution in [0.1, 0.15) is 15.9 Å². The molecule has 0 saturated heterocycles. The van der Waals surface area contributed by atoms with Gasteiger partial charge in [-0.1, -0.05) is 12.1 Å².